The van der Waals surface area contributed by atoms with Crippen LogP contribution in [0.2, 0.25) is 0 Å². The fourth-order valence-electron chi connectivity index (χ4n) is 2.37. The number of nitrogens with one attached hydrogen (secondary N) is 1. The van der Waals surface area contributed by atoms with E-state index in [0.29, 0.717) is 17.7 Å². The maximum atomic E-state index is 12.1. The molecule has 126 valence electrons. The summed E-state index contributed by atoms with van der Waals surface area (Å²) < 4.78 is 0. The van der Waals surface area contributed by atoms with Crippen molar-refractivity contribution in [3.05, 3.63) is 59.2 Å². The molecule has 24 heavy (non-hydrogen) atoms. The van der Waals surface area contributed by atoms with Gasteiger partial charge in [-0.2, -0.15) is 11.8 Å². The van der Waals surface area contributed by atoms with Gasteiger partial charge in [0, 0.05) is 23.4 Å². The van der Waals surface area contributed by atoms with E-state index in [4.69, 9.17) is 5.73 Å². The van der Waals surface area contributed by atoms with Gasteiger partial charge in [-0.1, -0.05) is 25.1 Å². The van der Waals surface area contributed by atoms with Crippen LogP contribution in [0.15, 0.2) is 42.5 Å². The second-order valence-electron chi connectivity index (χ2n) is 5.42. The molecule has 0 bridgehead atoms. The molecule has 0 aliphatic carbocycles. The zero-order valence-electron chi connectivity index (χ0n) is 14.0. The molecule has 0 radical (unpaired) electrons. The smallest absolute Gasteiger partial charge is 0.251 e. The summed E-state index contributed by atoms with van der Waals surface area (Å²) >= 11 is 1.80. The molecule has 0 aliphatic heterocycles. The Labute approximate surface area is 146 Å². The molecule has 0 saturated carbocycles. The summed E-state index contributed by atoms with van der Waals surface area (Å²) in [4.78, 5) is 23.4. The van der Waals surface area contributed by atoms with Gasteiger partial charge in [0.2, 0.25) is 5.91 Å². The Bertz CT molecular complexity index is 727. The fourth-order valence-corrected chi connectivity index (χ4v) is 2.91. The summed E-state index contributed by atoms with van der Waals surface area (Å²) in [6.45, 7) is 4.74. The predicted octanol–water partition coefficient (Wildman–Crippen LogP) is 3.24. The lowest BCUT2D eigenvalue weighted by molar-refractivity contribution is 0.0954. The number of carbonyl (C=O) groups is 2. The van der Waals surface area contributed by atoms with Gasteiger partial charge < -0.3 is 11.1 Å². The second-order valence-corrected chi connectivity index (χ2v) is 6.82. The highest BCUT2D eigenvalue weighted by molar-refractivity contribution is 7.99. The van der Waals surface area contributed by atoms with Crippen LogP contribution >= 0.6 is 11.8 Å². The summed E-state index contributed by atoms with van der Waals surface area (Å²) in [5.41, 5.74) is 9.40. The van der Waals surface area contributed by atoms with Crippen LogP contribution in [0.3, 0.4) is 0 Å². The maximum absolute atomic E-state index is 12.1. The van der Waals surface area contributed by atoms with Crippen molar-refractivity contribution in [2.45, 2.75) is 13.8 Å². The molecule has 2 rings (SSSR count). The largest absolute Gasteiger partial charge is 0.366 e. The van der Waals surface area contributed by atoms with Crippen molar-refractivity contribution in [3.63, 3.8) is 0 Å². The number of primary amides is 1. The average molecular weight is 342 g/mol. The minimum absolute atomic E-state index is 0.0686. The van der Waals surface area contributed by atoms with E-state index in [1.807, 2.05) is 25.1 Å². The number of nitrogens with two attached hydrogens (primary N) is 1. The summed E-state index contributed by atoms with van der Waals surface area (Å²) in [5.74, 6) is 1.45. The van der Waals surface area contributed by atoms with Crippen LogP contribution < -0.4 is 11.1 Å². The normalized spacial score (nSPS) is 10.4. The first-order chi connectivity index (χ1) is 11.5. The van der Waals surface area contributed by atoms with Gasteiger partial charge >= 0.3 is 0 Å². The van der Waals surface area contributed by atoms with Gasteiger partial charge in [0.15, 0.2) is 0 Å². The van der Waals surface area contributed by atoms with Crippen molar-refractivity contribution in [2.24, 2.45) is 5.73 Å². The number of benzene rings is 2. The molecule has 4 nitrogen and oxygen atoms in total. The van der Waals surface area contributed by atoms with E-state index < -0.39 is 5.91 Å². The quantitative estimate of drug-likeness (QED) is 0.759. The Morgan fingerprint density at radius 3 is 2.38 bits per heavy atom. The van der Waals surface area contributed by atoms with Crippen molar-refractivity contribution < 1.29 is 9.59 Å². The standard InChI is InChI=1S/C19H22N2O2S/c1-3-24-11-10-21-19(23)15-8-6-14(7-9-15)17-12-16(18(20)22)5-4-13(17)2/h4-9,12H,3,10-11H2,1-2H3,(H2,20,22)(H,21,23). The molecule has 0 saturated heterocycles. The third-order valence-electron chi connectivity index (χ3n) is 3.72. The van der Waals surface area contributed by atoms with Crippen LogP contribution in [0.5, 0.6) is 0 Å². The molecule has 5 heteroatoms. The first-order valence-electron chi connectivity index (χ1n) is 7.89. The summed E-state index contributed by atoms with van der Waals surface area (Å²) in [7, 11) is 0. The van der Waals surface area contributed by atoms with Crippen LogP contribution in [0.1, 0.15) is 33.2 Å². The third kappa shape index (κ3) is 4.61. The zero-order chi connectivity index (χ0) is 17.5. The highest BCUT2D eigenvalue weighted by Crippen LogP contribution is 2.25. The Hall–Kier alpha value is -2.27. The van der Waals surface area contributed by atoms with Crippen LogP contribution in [0.25, 0.3) is 11.1 Å². The van der Waals surface area contributed by atoms with E-state index in [-0.39, 0.29) is 5.91 Å². The van der Waals surface area contributed by atoms with Crippen molar-refractivity contribution >= 4 is 23.6 Å². The van der Waals surface area contributed by atoms with E-state index >= 15 is 0 Å². The Balaban J connectivity index is 2.13. The highest BCUT2D eigenvalue weighted by atomic mass is 32.2. The maximum Gasteiger partial charge on any atom is 0.251 e. The van der Waals surface area contributed by atoms with Crippen molar-refractivity contribution in [1.82, 2.24) is 5.32 Å². The monoisotopic (exact) mass is 342 g/mol. The molecule has 0 aliphatic rings. The Kier molecular flexibility index (Phi) is 6.44. The molecule has 0 aromatic heterocycles. The van der Waals surface area contributed by atoms with Gasteiger partial charge in [0.05, 0.1) is 0 Å². The Morgan fingerprint density at radius 2 is 1.75 bits per heavy atom. The molecule has 0 fully saturated rings. The summed E-state index contributed by atoms with van der Waals surface area (Å²) in [5, 5.41) is 2.91. The van der Waals surface area contributed by atoms with E-state index in [1.165, 1.54) is 0 Å². The lowest BCUT2D eigenvalue weighted by Crippen LogP contribution is -2.25. The lowest BCUT2D eigenvalue weighted by atomic mass is 9.97. The van der Waals surface area contributed by atoms with E-state index in [1.54, 1.807) is 36.0 Å². The molecule has 0 unspecified atom stereocenters. The fraction of sp³-hybridized carbons (Fsp3) is 0.263. The molecule has 0 heterocycles. The molecule has 0 atom stereocenters. The molecular formula is C19H22N2O2S. The van der Waals surface area contributed by atoms with Gasteiger partial charge in [-0.25, -0.2) is 0 Å². The molecule has 0 spiro atoms. The van der Waals surface area contributed by atoms with Crippen molar-refractivity contribution in [3.8, 4) is 11.1 Å². The van der Waals surface area contributed by atoms with Crippen molar-refractivity contribution in [2.75, 3.05) is 18.1 Å². The van der Waals surface area contributed by atoms with Gasteiger partial charge in [-0.15, -0.1) is 0 Å². The SMILES string of the molecule is CCSCCNC(=O)c1ccc(-c2cc(C(N)=O)ccc2C)cc1. The minimum atomic E-state index is -0.447. The lowest BCUT2D eigenvalue weighted by Gasteiger charge is -2.09. The molecule has 2 aromatic carbocycles. The predicted molar refractivity (Wildman–Crippen MR) is 100 cm³/mol. The zero-order valence-corrected chi connectivity index (χ0v) is 14.8. The van der Waals surface area contributed by atoms with Crippen LogP contribution in [-0.4, -0.2) is 29.9 Å². The number of carbonyl (C=O) groups excluding carboxylic acids is 2. The van der Waals surface area contributed by atoms with Gasteiger partial charge in [0.25, 0.3) is 5.91 Å². The number of rotatable bonds is 7. The first kappa shape index (κ1) is 18.1. The van der Waals surface area contributed by atoms with Gasteiger partial charge in [-0.3, -0.25) is 9.59 Å². The minimum Gasteiger partial charge on any atom is -0.366 e. The average Bonchev–Trinajstić information content (AvgIpc) is 2.59. The second kappa shape index (κ2) is 8.55. The molecule has 2 amide bonds. The number of aryl methyl sites for hydroxylation is 1. The van der Waals surface area contributed by atoms with Crippen LogP contribution in [0.4, 0.5) is 0 Å². The van der Waals surface area contributed by atoms with Gasteiger partial charge in [0.1, 0.15) is 0 Å². The molecule has 2 aromatic rings. The number of hydrogen-bond acceptors (Lipinski definition) is 3. The number of thioether (sulfide) groups is 1. The summed E-state index contributed by atoms with van der Waals surface area (Å²) in [6, 6.07) is 12.8. The van der Waals surface area contributed by atoms with E-state index in [2.05, 4.69) is 12.2 Å². The van der Waals surface area contributed by atoms with Crippen LogP contribution in [0, 0.1) is 6.92 Å². The molecule has 3 N–H and O–H groups in total. The summed E-state index contributed by atoms with van der Waals surface area (Å²) in [6.07, 6.45) is 0. The van der Waals surface area contributed by atoms with Gasteiger partial charge in [-0.05, 0) is 53.6 Å². The third-order valence-corrected chi connectivity index (χ3v) is 4.62. The Morgan fingerprint density at radius 1 is 1.08 bits per heavy atom. The highest BCUT2D eigenvalue weighted by Gasteiger charge is 2.09. The first-order valence-corrected chi connectivity index (χ1v) is 9.05. The van der Waals surface area contributed by atoms with Crippen LogP contribution in [-0.2, 0) is 0 Å². The number of amides is 2. The number of hydrogen-bond donors (Lipinski definition) is 2. The van der Waals surface area contributed by atoms with E-state index in [0.717, 1.165) is 28.2 Å². The van der Waals surface area contributed by atoms with Crippen molar-refractivity contribution in [1.29, 1.82) is 0 Å². The molecular weight excluding hydrogens is 320 g/mol. The topological polar surface area (TPSA) is 72.2 Å². The van der Waals surface area contributed by atoms with E-state index in [9.17, 15) is 9.59 Å².